The van der Waals surface area contributed by atoms with Gasteiger partial charge in [0.1, 0.15) is 11.2 Å². The molecule has 1 aliphatic heterocycles. The van der Waals surface area contributed by atoms with E-state index < -0.39 is 6.85 Å². The summed E-state index contributed by atoms with van der Waals surface area (Å²) in [6.45, 7) is -2.36. The molecule has 1 N–H and O–H groups in total. The number of nitrogens with one attached hydrogen (secondary N) is 1. The monoisotopic (exact) mass is 266 g/mol. The Bertz CT molecular complexity index is 1060. The van der Waals surface area contributed by atoms with Gasteiger partial charge in [0, 0.05) is 32.7 Å². The molecular weight excluding hydrogens is 246 g/mol. The van der Waals surface area contributed by atoms with Gasteiger partial charge in [0.05, 0.1) is 2.74 Å². The molecule has 2 heterocycles. The Kier molecular flexibility index (Phi) is 1.57. The van der Waals surface area contributed by atoms with E-state index >= 15 is 0 Å². The maximum absolute atomic E-state index is 8.27. The number of allylic oxidation sites excluding steroid dienone is 2. The van der Waals surface area contributed by atoms with Gasteiger partial charge in [-0.25, -0.2) is 0 Å². The van der Waals surface area contributed by atoms with Crippen molar-refractivity contribution in [2.24, 2.45) is 0 Å². The molecule has 0 spiro atoms. The first-order valence-electron chi connectivity index (χ1n) is 8.94. The van der Waals surface area contributed by atoms with Gasteiger partial charge >= 0.3 is 0 Å². The highest BCUT2D eigenvalue weighted by Gasteiger charge is 2.13. The summed E-state index contributed by atoms with van der Waals surface area (Å²) in [7, 11) is 0. The van der Waals surface area contributed by atoms with E-state index in [0.29, 0.717) is 16.8 Å². The van der Waals surface area contributed by atoms with Crippen molar-refractivity contribution in [2.75, 3.05) is 6.54 Å². The van der Waals surface area contributed by atoms with Crippen LogP contribution in [0.1, 0.15) is 19.3 Å². The lowest BCUT2D eigenvalue weighted by molar-refractivity contribution is 0.667. The minimum atomic E-state index is -2.38. The second-order valence-corrected chi connectivity index (χ2v) is 4.74. The number of benzene rings is 2. The quantitative estimate of drug-likeness (QED) is 0.702. The number of para-hydroxylation sites is 2. The fourth-order valence-electron chi connectivity index (χ4n) is 2.51. The van der Waals surface area contributed by atoms with Gasteiger partial charge in [-0.05, 0) is 25.0 Å². The summed E-state index contributed by atoms with van der Waals surface area (Å²) >= 11 is 0. The van der Waals surface area contributed by atoms with E-state index in [1.54, 1.807) is 0 Å². The smallest absolute Gasteiger partial charge is 0.144 e. The van der Waals surface area contributed by atoms with Crippen molar-refractivity contribution in [3.63, 3.8) is 0 Å². The number of rotatable bonds is 1. The third kappa shape index (κ3) is 1.65. The van der Waals surface area contributed by atoms with E-state index in [-0.39, 0.29) is 24.2 Å². The summed E-state index contributed by atoms with van der Waals surface area (Å²) in [6.07, 6.45) is 0. The molecule has 2 heteroatoms. The van der Waals surface area contributed by atoms with Gasteiger partial charge in [-0.3, -0.25) is 0 Å². The molecule has 98 valence electrons. The number of fused-ring (bicyclic) bond motifs is 3. The highest BCUT2D eigenvalue weighted by atomic mass is 16.3. The van der Waals surface area contributed by atoms with E-state index in [0.717, 1.165) is 16.4 Å². The summed E-state index contributed by atoms with van der Waals surface area (Å²) in [5.74, 6) is 0. The molecule has 0 radical (unpaired) electrons. The zero-order chi connectivity index (χ0) is 17.8. The number of furan rings is 1. The third-order valence-electron chi connectivity index (χ3n) is 3.45. The van der Waals surface area contributed by atoms with Gasteiger partial charge in [-0.15, -0.1) is 0 Å². The van der Waals surface area contributed by atoms with Crippen molar-refractivity contribution in [1.82, 2.24) is 5.32 Å². The standard InChI is InChI=1S/C18H15NO/c1-12-9-10-16(19-11-12)15-7-4-6-14-13-5-2-3-8-17(13)20-18(14)15/h2-10,19H,11H2,1H3/i1D3,9D,10D. The molecule has 0 fully saturated rings. The van der Waals surface area contributed by atoms with Crippen LogP contribution in [0.3, 0.4) is 0 Å². The lowest BCUT2D eigenvalue weighted by atomic mass is 10.0. The van der Waals surface area contributed by atoms with Crippen LogP contribution in [0.15, 0.2) is 64.6 Å². The fourth-order valence-corrected chi connectivity index (χ4v) is 2.51. The third-order valence-corrected chi connectivity index (χ3v) is 3.45. The van der Waals surface area contributed by atoms with Crippen LogP contribution in [0.5, 0.6) is 0 Å². The molecule has 0 saturated carbocycles. The predicted octanol–water partition coefficient (Wildman–Crippen LogP) is 4.48. The predicted molar refractivity (Wildman–Crippen MR) is 83.5 cm³/mol. The van der Waals surface area contributed by atoms with Gasteiger partial charge in [-0.2, -0.15) is 0 Å². The average Bonchev–Trinajstić information content (AvgIpc) is 2.95. The van der Waals surface area contributed by atoms with Crippen molar-refractivity contribution in [2.45, 2.75) is 6.85 Å². The van der Waals surface area contributed by atoms with Gasteiger partial charge in [0.2, 0.25) is 0 Å². The van der Waals surface area contributed by atoms with Crippen LogP contribution in [-0.4, -0.2) is 6.54 Å². The lowest BCUT2D eigenvalue weighted by Crippen LogP contribution is -2.17. The molecule has 4 rings (SSSR count). The van der Waals surface area contributed by atoms with Crippen LogP contribution < -0.4 is 5.32 Å². The molecule has 0 aliphatic carbocycles. The highest BCUT2D eigenvalue weighted by Crippen LogP contribution is 2.33. The van der Waals surface area contributed by atoms with Gasteiger partial charge < -0.3 is 9.73 Å². The minimum absolute atomic E-state index is 0.0175. The average molecular weight is 266 g/mol. The molecule has 0 unspecified atom stereocenters. The van der Waals surface area contributed by atoms with Crippen molar-refractivity contribution in [3.05, 3.63) is 65.7 Å². The zero-order valence-electron chi connectivity index (χ0n) is 15.7. The molecule has 3 aromatic rings. The van der Waals surface area contributed by atoms with E-state index in [4.69, 9.17) is 11.3 Å². The van der Waals surface area contributed by atoms with Crippen LogP contribution in [-0.2, 0) is 0 Å². The normalized spacial score (nSPS) is 20.3. The van der Waals surface area contributed by atoms with Crippen molar-refractivity contribution >= 4 is 27.6 Å². The van der Waals surface area contributed by atoms with E-state index in [1.165, 1.54) is 0 Å². The van der Waals surface area contributed by atoms with Gasteiger partial charge in [0.25, 0.3) is 0 Å². The molecule has 0 atom stereocenters. The summed E-state index contributed by atoms with van der Waals surface area (Å²) in [4.78, 5) is 0. The Morgan fingerprint density at radius 2 is 2.00 bits per heavy atom. The Morgan fingerprint density at radius 1 is 1.10 bits per heavy atom. The molecule has 2 aromatic carbocycles. The van der Waals surface area contributed by atoms with Gasteiger partial charge in [-0.1, -0.05) is 42.0 Å². The number of hydrogen-bond acceptors (Lipinski definition) is 2. The number of hydrogen-bond donors (Lipinski definition) is 1. The van der Waals surface area contributed by atoms with Crippen LogP contribution >= 0.6 is 0 Å². The summed E-state index contributed by atoms with van der Waals surface area (Å²) < 4.78 is 44.9. The fraction of sp³-hybridized carbons (Fsp3) is 0.111. The lowest BCUT2D eigenvalue weighted by Gasteiger charge is -2.15. The topological polar surface area (TPSA) is 25.2 Å². The Hall–Kier alpha value is -2.48. The summed E-state index contributed by atoms with van der Waals surface area (Å²) in [5.41, 5.74) is 2.41. The first-order chi connectivity index (χ1) is 11.9. The summed E-state index contributed by atoms with van der Waals surface area (Å²) in [6, 6.07) is 12.9. The SMILES string of the molecule is [2H]C1=C(c2cccc3c2oc2ccccc23)NCC(C([2H])([2H])[2H])=C1[2H]. The van der Waals surface area contributed by atoms with Crippen LogP contribution in [0.25, 0.3) is 27.6 Å². The molecule has 0 bridgehead atoms. The van der Waals surface area contributed by atoms with E-state index in [2.05, 4.69) is 5.32 Å². The second kappa shape index (κ2) is 4.27. The second-order valence-electron chi connectivity index (χ2n) is 4.74. The highest BCUT2D eigenvalue weighted by molar-refractivity contribution is 6.08. The maximum atomic E-state index is 8.27. The van der Waals surface area contributed by atoms with Crippen LogP contribution in [0.2, 0.25) is 0 Å². The molecule has 1 aliphatic rings. The maximum Gasteiger partial charge on any atom is 0.144 e. The first-order valence-corrected chi connectivity index (χ1v) is 6.44. The number of dihydropyridines is 1. The van der Waals surface area contributed by atoms with Crippen molar-refractivity contribution in [1.29, 1.82) is 0 Å². The Balaban J connectivity index is 1.96. The molecule has 1 aromatic heterocycles. The molecule has 0 saturated heterocycles. The van der Waals surface area contributed by atoms with Crippen molar-refractivity contribution in [3.8, 4) is 0 Å². The molecule has 20 heavy (non-hydrogen) atoms. The van der Waals surface area contributed by atoms with Gasteiger partial charge in [0.15, 0.2) is 0 Å². The Morgan fingerprint density at radius 3 is 2.95 bits per heavy atom. The van der Waals surface area contributed by atoms with Crippen molar-refractivity contribution < 1.29 is 11.3 Å². The minimum Gasteiger partial charge on any atom is -0.455 e. The molecular formula is C18H15NO. The van der Waals surface area contributed by atoms with Crippen LogP contribution in [0, 0.1) is 0 Å². The summed E-state index contributed by atoms with van der Waals surface area (Å²) in [5, 5.41) is 4.91. The largest absolute Gasteiger partial charge is 0.455 e. The molecule has 2 nitrogen and oxygen atoms in total. The van der Waals surface area contributed by atoms with E-state index in [1.807, 2.05) is 42.5 Å². The zero-order valence-corrected chi connectivity index (χ0v) is 10.7. The van der Waals surface area contributed by atoms with E-state index in [9.17, 15) is 0 Å². The molecule has 0 amide bonds. The first kappa shape index (κ1) is 7.34. The Labute approximate surface area is 124 Å². The van der Waals surface area contributed by atoms with Crippen LogP contribution in [0.4, 0.5) is 0 Å².